The molecule has 0 radical (unpaired) electrons. The maximum atomic E-state index is 13.1. The van der Waals surface area contributed by atoms with Crippen LogP contribution in [-0.4, -0.2) is 46.3 Å². The number of nitrogens with zero attached hydrogens (tertiary/aromatic N) is 3. The van der Waals surface area contributed by atoms with E-state index in [9.17, 15) is 14.7 Å². The van der Waals surface area contributed by atoms with Gasteiger partial charge in [-0.15, -0.1) is 0 Å². The fraction of sp³-hybridized carbons (Fsp3) is 0.577. The van der Waals surface area contributed by atoms with Crippen molar-refractivity contribution < 1.29 is 14.7 Å². The number of rotatable bonds is 4. The number of aryl methyl sites for hydroxylation is 1. The maximum Gasteiger partial charge on any atom is 0.357 e. The molecule has 0 atom stereocenters. The minimum absolute atomic E-state index is 0.0177. The number of aliphatic carboxylic acids is 1. The molecule has 0 saturated heterocycles. The summed E-state index contributed by atoms with van der Waals surface area (Å²) < 4.78 is 0. The Morgan fingerprint density at radius 3 is 2.34 bits per heavy atom. The number of fused-ring (bicyclic) bond motifs is 1. The Morgan fingerprint density at radius 2 is 1.66 bits per heavy atom. The van der Waals surface area contributed by atoms with E-state index in [1.54, 1.807) is 6.08 Å². The van der Waals surface area contributed by atoms with Gasteiger partial charge in [-0.05, 0) is 67.9 Å². The van der Waals surface area contributed by atoms with E-state index in [1.165, 1.54) is 54.8 Å². The van der Waals surface area contributed by atoms with Crippen LogP contribution >= 0.6 is 0 Å². The molecule has 32 heavy (non-hydrogen) atoms. The van der Waals surface area contributed by atoms with Gasteiger partial charge in [0.1, 0.15) is 0 Å². The number of hydrogen-bond acceptors (Lipinski definition) is 4. The van der Waals surface area contributed by atoms with Crippen LogP contribution in [0.25, 0.3) is 6.08 Å². The van der Waals surface area contributed by atoms with Crippen molar-refractivity contribution in [2.75, 3.05) is 11.4 Å². The summed E-state index contributed by atoms with van der Waals surface area (Å²) in [6, 6.07) is 7.00. The fourth-order valence-corrected chi connectivity index (χ4v) is 5.97. The van der Waals surface area contributed by atoms with E-state index in [0.29, 0.717) is 6.04 Å². The second-order valence-electron chi connectivity index (χ2n) is 9.73. The summed E-state index contributed by atoms with van der Waals surface area (Å²) in [5.41, 5.74) is 3.60. The van der Waals surface area contributed by atoms with Crippen LogP contribution in [0.2, 0.25) is 0 Å². The van der Waals surface area contributed by atoms with Crippen molar-refractivity contribution in [2.24, 2.45) is 5.10 Å². The number of carboxylic acids is 1. The highest BCUT2D eigenvalue weighted by Crippen LogP contribution is 2.35. The molecule has 0 spiro atoms. The first-order valence-corrected chi connectivity index (χ1v) is 12.4. The fourth-order valence-electron chi connectivity index (χ4n) is 5.97. The molecule has 1 N–H and O–H groups in total. The van der Waals surface area contributed by atoms with Gasteiger partial charge in [0.25, 0.3) is 5.91 Å². The number of carbonyl (C=O) groups excluding carboxylic acids is 1. The second kappa shape index (κ2) is 9.08. The molecule has 170 valence electrons. The first-order chi connectivity index (χ1) is 15.6. The minimum Gasteiger partial charge on any atom is -0.476 e. The molecule has 2 heterocycles. The Hall–Kier alpha value is -2.63. The Bertz CT molecular complexity index is 955. The number of hydrazone groups is 1. The van der Waals surface area contributed by atoms with Gasteiger partial charge in [-0.25, -0.2) is 9.80 Å². The second-order valence-corrected chi connectivity index (χ2v) is 9.73. The van der Waals surface area contributed by atoms with Gasteiger partial charge in [-0.1, -0.05) is 44.6 Å². The number of hydrogen-bond donors (Lipinski definition) is 1. The van der Waals surface area contributed by atoms with Crippen LogP contribution < -0.4 is 4.90 Å². The molecule has 5 rings (SSSR count). The van der Waals surface area contributed by atoms with E-state index in [0.717, 1.165) is 50.6 Å². The smallest absolute Gasteiger partial charge is 0.357 e. The maximum absolute atomic E-state index is 13.1. The average Bonchev–Trinajstić information content (AvgIpc) is 3.16. The van der Waals surface area contributed by atoms with Crippen LogP contribution in [0.3, 0.4) is 0 Å². The molecule has 0 aromatic heterocycles. The zero-order chi connectivity index (χ0) is 22.1. The Kier molecular flexibility index (Phi) is 6.03. The molecule has 2 aliphatic carbocycles. The van der Waals surface area contributed by atoms with Gasteiger partial charge >= 0.3 is 5.97 Å². The van der Waals surface area contributed by atoms with Crippen LogP contribution in [0, 0.1) is 0 Å². The largest absolute Gasteiger partial charge is 0.476 e. The normalized spacial score (nSPS) is 24.1. The molecule has 2 fully saturated rings. The van der Waals surface area contributed by atoms with Crippen molar-refractivity contribution in [3.8, 4) is 0 Å². The summed E-state index contributed by atoms with van der Waals surface area (Å²) >= 11 is 0. The van der Waals surface area contributed by atoms with Crippen LogP contribution in [0.1, 0.15) is 81.8 Å². The van der Waals surface area contributed by atoms with Crippen molar-refractivity contribution >= 4 is 29.4 Å². The number of benzene rings is 1. The van der Waals surface area contributed by atoms with Gasteiger partial charge in [0.2, 0.25) is 0 Å². The number of anilines is 1. The lowest BCUT2D eigenvalue weighted by atomic mass is 9.90. The van der Waals surface area contributed by atoms with Crippen LogP contribution in [0.4, 0.5) is 5.69 Å². The third-order valence-electron chi connectivity index (χ3n) is 7.61. The topological polar surface area (TPSA) is 73.2 Å². The highest BCUT2D eigenvalue weighted by atomic mass is 16.4. The van der Waals surface area contributed by atoms with Crippen molar-refractivity contribution in [1.29, 1.82) is 0 Å². The quantitative estimate of drug-likeness (QED) is 0.692. The van der Waals surface area contributed by atoms with Gasteiger partial charge in [0.05, 0.1) is 11.6 Å². The number of amides is 1. The van der Waals surface area contributed by atoms with Crippen LogP contribution in [0.15, 0.2) is 28.9 Å². The molecule has 2 saturated carbocycles. The highest BCUT2D eigenvalue weighted by Gasteiger charge is 2.38. The van der Waals surface area contributed by atoms with E-state index in [1.807, 2.05) is 6.07 Å². The first kappa shape index (κ1) is 21.2. The molecule has 2 aliphatic heterocycles. The summed E-state index contributed by atoms with van der Waals surface area (Å²) in [7, 11) is 0. The molecular weight excluding hydrogens is 402 g/mol. The predicted octanol–water partition coefficient (Wildman–Crippen LogP) is 4.77. The van der Waals surface area contributed by atoms with E-state index in [4.69, 9.17) is 0 Å². The molecule has 4 aliphatic rings. The third kappa shape index (κ3) is 4.07. The molecule has 1 amide bonds. The molecule has 1 aromatic carbocycles. The van der Waals surface area contributed by atoms with Crippen LogP contribution in [0.5, 0.6) is 0 Å². The van der Waals surface area contributed by atoms with Crippen molar-refractivity contribution in [3.63, 3.8) is 0 Å². The molecule has 0 unspecified atom stereocenters. The zero-order valence-electron chi connectivity index (χ0n) is 18.8. The summed E-state index contributed by atoms with van der Waals surface area (Å²) in [5.74, 6) is -1.40. The van der Waals surface area contributed by atoms with E-state index < -0.39 is 5.97 Å². The molecule has 0 bridgehead atoms. The van der Waals surface area contributed by atoms with E-state index in [2.05, 4.69) is 22.1 Å². The van der Waals surface area contributed by atoms with Crippen LogP contribution in [-0.2, 0) is 16.0 Å². The SMILES string of the molecule is O=C(O)C1=NN(C2CCCCC2)C(=O)/C1=C\c1ccc2c(c1)CCCN2C1CCCCC1. The minimum atomic E-state index is -1.13. The number of carbonyl (C=O) groups is 2. The summed E-state index contributed by atoms with van der Waals surface area (Å²) in [4.78, 5) is 27.6. The zero-order valence-corrected chi connectivity index (χ0v) is 18.8. The molecule has 1 aromatic rings. The summed E-state index contributed by atoms with van der Waals surface area (Å²) in [6.07, 6.45) is 15.5. The lowest BCUT2D eigenvalue weighted by molar-refractivity contribution is -0.130. The highest BCUT2D eigenvalue weighted by molar-refractivity contribution is 6.51. The standard InChI is InChI=1S/C26H33N3O3/c30-25-22(24(26(31)32)27-29(25)21-11-5-2-6-12-21)17-18-13-14-23-19(16-18)8-7-15-28(23)20-9-3-1-4-10-20/h13-14,16-17,20-21H,1-12,15H2,(H,31,32)/b22-17-. The summed E-state index contributed by atoms with van der Waals surface area (Å²) in [5, 5.41) is 15.4. The number of carboxylic acid groups (broad SMARTS) is 1. The average molecular weight is 436 g/mol. The lowest BCUT2D eigenvalue weighted by Gasteiger charge is -2.40. The Morgan fingerprint density at radius 1 is 0.969 bits per heavy atom. The monoisotopic (exact) mass is 435 g/mol. The lowest BCUT2D eigenvalue weighted by Crippen LogP contribution is -2.40. The van der Waals surface area contributed by atoms with Crippen molar-refractivity contribution in [1.82, 2.24) is 5.01 Å². The Balaban J connectivity index is 1.42. The van der Waals surface area contributed by atoms with Gasteiger partial charge in [0.15, 0.2) is 5.71 Å². The van der Waals surface area contributed by atoms with Gasteiger partial charge in [-0.3, -0.25) is 4.79 Å². The Labute approximate surface area is 190 Å². The van der Waals surface area contributed by atoms with Gasteiger partial charge in [-0.2, -0.15) is 5.10 Å². The first-order valence-electron chi connectivity index (χ1n) is 12.4. The molecule has 6 heteroatoms. The van der Waals surface area contributed by atoms with Gasteiger partial charge in [0, 0.05) is 18.3 Å². The van der Waals surface area contributed by atoms with E-state index in [-0.39, 0.29) is 23.2 Å². The molecule has 6 nitrogen and oxygen atoms in total. The van der Waals surface area contributed by atoms with Gasteiger partial charge < -0.3 is 10.0 Å². The predicted molar refractivity (Wildman–Crippen MR) is 126 cm³/mol. The third-order valence-corrected chi connectivity index (χ3v) is 7.61. The molecular formula is C26H33N3O3. The van der Waals surface area contributed by atoms with Crippen molar-refractivity contribution in [2.45, 2.75) is 89.1 Å². The summed E-state index contributed by atoms with van der Waals surface area (Å²) in [6.45, 7) is 1.11. The van der Waals surface area contributed by atoms with Crippen molar-refractivity contribution in [3.05, 3.63) is 34.9 Å². The van der Waals surface area contributed by atoms with E-state index >= 15 is 0 Å².